The van der Waals surface area contributed by atoms with Gasteiger partial charge in [-0.2, -0.15) is 0 Å². The fourth-order valence-corrected chi connectivity index (χ4v) is 1.02. The summed E-state index contributed by atoms with van der Waals surface area (Å²) in [4.78, 5) is 30.5. The first-order chi connectivity index (χ1) is 8.69. The van der Waals surface area contributed by atoms with Crippen LogP contribution in [-0.2, 0) is 14.3 Å². The number of ether oxygens (including phenoxy) is 1. The number of aldehydes is 2. The van der Waals surface area contributed by atoms with Crippen LogP contribution in [0, 0.1) is 5.92 Å². The number of rotatable bonds is 6. The van der Waals surface area contributed by atoms with Gasteiger partial charge in [0.2, 0.25) is 0 Å². The molecular formula is C14H16O4. The number of ketones is 1. The first kappa shape index (κ1) is 15.9. The van der Waals surface area contributed by atoms with Crippen LogP contribution in [0.1, 0.15) is 10.4 Å². The van der Waals surface area contributed by atoms with Gasteiger partial charge in [0.05, 0.1) is 12.5 Å². The SMILES string of the molecule is C=CC(=O)c1ccccc1.COCC(C=O)C=O. The zero-order valence-corrected chi connectivity index (χ0v) is 10.2. The molecule has 96 valence electrons. The van der Waals surface area contributed by atoms with Crippen molar-refractivity contribution in [3.05, 3.63) is 48.6 Å². The van der Waals surface area contributed by atoms with Crippen molar-refractivity contribution in [3.8, 4) is 0 Å². The van der Waals surface area contributed by atoms with E-state index in [-0.39, 0.29) is 12.4 Å². The second kappa shape index (κ2) is 10.1. The van der Waals surface area contributed by atoms with E-state index in [1.54, 1.807) is 12.1 Å². The third-order valence-corrected chi connectivity index (χ3v) is 1.95. The summed E-state index contributed by atoms with van der Waals surface area (Å²) < 4.78 is 4.52. The van der Waals surface area contributed by atoms with Crippen LogP contribution in [-0.4, -0.2) is 32.1 Å². The maximum Gasteiger partial charge on any atom is 0.185 e. The zero-order chi connectivity index (χ0) is 13.8. The van der Waals surface area contributed by atoms with Crippen LogP contribution in [0.5, 0.6) is 0 Å². The average Bonchev–Trinajstić information content (AvgIpc) is 2.45. The van der Waals surface area contributed by atoms with Gasteiger partial charge in [0, 0.05) is 12.7 Å². The smallest absolute Gasteiger partial charge is 0.185 e. The van der Waals surface area contributed by atoms with Gasteiger partial charge in [-0.1, -0.05) is 36.9 Å². The number of carbonyl (C=O) groups is 3. The second-order valence-corrected chi connectivity index (χ2v) is 3.33. The van der Waals surface area contributed by atoms with Crippen molar-refractivity contribution in [2.75, 3.05) is 13.7 Å². The highest BCUT2D eigenvalue weighted by Gasteiger charge is 2.01. The molecule has 0 saturated heterocycles. The Morgan fingerprint density at radius 2 is 1.83 bits per heavy atom. The van der Waals surface area contributed by atoms with E-state index in [1.807, 2.05) is 18.2 Å². The molecule has 0 bridgehead atoms. The Morgan fingerprint density at radius 1 is 1.28 bits per heavy atom. The molecule has 4 nitrogen and oxygen atoms in total. The predicted molar refractivity (Wildman–Crippen MR) is 68.5 cm³/mol. The van der Waals surface area contributed by atoms with Crippen molar-refractivity contribution < 1.29 is 19.1 Å². The summed E-state index contributed by atoms with van der Waals surface area (Å²) in [6.07, 6.45) is 2.45. The lowest BCUT2D eigenvalue weighted by Crippen LogP contribution is -2.10. The number of allylic oxidation sites excluding steroid dienone is 1. The van der Waals surface area contributed by atoms with Crippen molar-refractivity contribution in [1.82, 2.24) is 0 Å². The molecule has 1 rings (SSSR count). The second-order valence-electron chi connectivity index (χ2n) is 3.33. The molecule has 1 aromatic rings. The molecule has 0 N–H and O–H groups in total. The third kappa shape index (κ3) is 6.50. The van der Waals surface area contributed by atoms with Crippen LogP contribution in [0.15, 0.2) is 43.0 Å². The van der Waals surface area contributed by atoms with Gasteiger partial charge in [0.1, 0.15) is 12.6 Å². The minimum Gasteiger partial charge on any atom is -0.383 e. The van der Waals surface area contributed by atoms with Crippen LogP contribution in [0.2, 0.25) is 0 Å². The monoisotopic (exact) mass is 248 g/mol. The van der Waals surface area contributed by atoms with E-state index in [2.05, 4.69) is 11.3 Å². The van der Waals surface area contributed by atoms with Crippen molar-refractivity contribution in [2.24, 2.45) is 5.92 Å². The zero-order valence-electron chi connectivity index (χ0n) is 10.2. The lowest BCUT2D eigenvalue weighted by Gasteiger charge is -1.95. The molecule has 18 heavy (non-hydrogen) atoms. The molecule has 0 heterocycles. The molecule has 0 fully saturated rings. The first-order valence-corrected chi connectivity index (χ1v) is 5.30. The average molecular weight is 248 g/mol. The Kier molecular flexibility index (Phi) is 8.95. The summed E-state index contributed by atoms with van der Waals surface area (Å²) in [5, 5.41) is 0. The Bertz CT molecular complexity index is 376. The Balaban J connectivity index is 0.000000331. The van der Waals surface area contributed by atoms with Gasteiger partial charge in [-0.15, -0.1) is 0 Å². The number of carbonyl (C=O) groups excluding carboxylic acids is 3. The Morgan fingerprint density at radius 3 is 2.17 bits per heavy atom. The molecule has 0 saturated carbocycles. The molecule has 0 aromatic heterocycles. The summed E-state index contributed by atoms with van der Waals surface area (Å²) in [5.74, 6) is -0.611. The standard InChI is InChI=1S/C9H8O.C5H8O3/c1-2-9(10)8-6-4-3-5-7-8;1-8-4-5(2-6)3-7/h2-7H,1H2;2-3,5H,4H2,1H3. The van der Waals surface area contributed by atoms with E-state index in [0.29, 0.717) is 18.1 Å². The fourth-order valence-electron chi connectivity index (χ4n) is 1.02. The summed E-state index contributed by atoms with van der Waals surface area (Å²) in [7, 11) is 1.44. The van der Waals surface area contributed by atoms with E-state index in [1.165, 1.54) is 13.2 Å². The summed E-state index contributed by atoms with van der Waals surface area (Å²) in [5.41, 5.74) is 0.692. The highest BCUT2D eigenvalue weighted by Crippen LogP contribution is 1.99. The number of hydrogen-bond donors (Lipinski definition) is 0. The van der Waals surface area contributed by atoms with Crippen molar-refractivity contribution in [1.29, 1.82) is 0 Å². The Labute approximate surface area is 106 Å². The topological polar surface area (TPSA) is 60.4 Å². The van der Waals surface area contributed by atoms with Gasteiger partial charge in [0.15, 0.2) is 5.78 Å². The normalized spacial score (nSPS) is 9.00. The van der Waals surface area contributed by atoms with E-state index >= 15 is 0 Å². The van der Waals surface area contributed by atoms with Gasteiger partial charge >= 0.3 is 0 Å². The summed E-state index contributed by atoms with van der Waals surface area (Å²) >= 11 is 0. The van der Waals surface area contributed by atoms with Gasteiger partial charge < -0.3 is 14.3 Å². The predicted octanol–water partition coefficient (Wildman–Crippen LogP) is 1.70. The van der Waals surface area contributed by atoms with Crippen molar-refractivity contribution in [2.45, 2.75) is 0 Å². The van der Waals surface area contributed by atoms with E-state index in [4.69, 9.17) is 0 Å². The molecule has 0 spiro atoms. The summed E-state index contributed by atoms with van der Waals surface area (Å²) in [6, 6.07) is 9.07. The molecule has 4 heteroatoms. The molecule has 0 aliphatic rings. The molecular weight excluding hydrogens is 232 g/mol. The molecule has 0 aliphatic carbocycles. The van der Waals surface area contributed by atoms with Crippen LogP contribution in [0.4, 0.5) is 0 Å². The van der Waals surface area contributed by atoms with Crippen molar-refractivity contribution in [3.63, 3.8) is 0 Å². The number of methoxy groups -OCH3 is 1. The quantitative estimate of drug-likeness (QED) is 0.333. The van der Waals surface area contributed by atoms with E-state index < -0.39 is 5.92 Å². The number of hydrogen-bond acceptors (Lipinski definition) is 4. The lowest BCUT2D eigenvalue weighted by molar-refractivity contribution is -0.121. The Hall–Kier alpha value is -2.07. The maximum atomic E-state index is 10.9. The van der Waals surface area contributed by atoms with Gasteiger partial charge in [-0.25, -0.2) is 0 Å². The molecule has 1 aromatic carbocycles. The highest BCUT2D eigenvalue weighted by atomic mass is 16.5. The largest absolute Gasteiger partial charge is 0.383 e. The van der Waals surface area contributed by atoms with Crippen LogP contribution in [0.3, 0.4) is 0 Å². The molecule has 0 atom stereocenters. The maximum absolute atomic E-state index is 10.9. The minimum atomic E-state index is -0.583. The first-order valence-electron chi connectivity index (χ1n) is 5.30. The fraction of sp³-hybridized carbons (Fsp3) is 0.214. The molecule has 0 radical (unpaired) electrons. The van der Waals surface area contributed by atoms with Gasteiger partial charge in [-0.3, -0.25) is 4.79 Å². The van der Waals surface area contributed by atoms with Crippen LogP contribution >= 0.6 is 0 Å². The number of benzene rings is 1. The molecule has 0 aliphatic heterocycles. The van der Waals surface area contributed by atoms with Gasteiger partial charge in [0.25, 0.3) is 0 Å². The minimum absolute atomic E-state index is 0.0272. The van der Waals surface area contributed by atoms with Crippen LogP contribution in [0.25, 0.3) is 0 Å². The van der Waals surface area contributed by atoms with E-state index in [9.17, 15) is 14.4 Å². The van der Waals surface area contributed by atoms with Crippen molar-refractivity contribution >= 4 is 18.4 Å². The van der Waals surface area contributed by atoms with Crippen LogP contribution < -0.4 is 0 Å². The molecule has 0 unspecified atom stereocenters. The lowest BCUT2D eigenvalue weighted by atomic mass is 10.1. The van der Waals surface area contributed by atoms with E-state index in [0.717, 1.165) is 0 Å². The molecule has 0 amide bonds. The van der Waals surface area contributed by atoms with Gasteiger partial charge in [-0.05, 0) is 6.08 Å². The third-order valence-electron chi connectivity index (χ3n) is 1.95. The highest BCUT2D eigenvalue weighted by molar-refractivity contribution is 6.04. The summed E-state index contributed by atoms with van der Waals surface area (Å²) in [6.45, 7) is 3.57.